The first-order valence-electron chi connectivity index (χ1n) is 7.10. The summed E-state index contributed by atoms with van der Waals surface area (Å²) in [6, 6.07) is 4.19. The molecule has 0 aliphatic rings. The lowest BCUT2D eigenvalue weighted by atomic mass is 10.1. The maximum atomic E-state index is 9.81. The van der Waals surface area contributed by atoms with Crippen LogP contribution < -0.4 is 0 Å². The van der Waals surface area contributed by atoms with E-state index in [4.69, 9.17) is 0 Å². The molecule has 1 N–H and O–H groups in total. The van der Waals surface area contributed by atoms with Crippen molar-refractivity contribution in [3.63, 3.8) is 0 Å². The van der Waals surface area contributed by atoms with Gasteiger partial charge in [-0.1, -0.05) is 19.1 Å². The molecule has 0 atom stereocenters. The number of aromatic hydroxyl groups is 1. The van der Waals surface area contributed by atoms with Crippen LogP contribution in [-0.4, -0.2) is 48.6 Å². The smallest absolute Gasteiger partial charge is 0.121 e. The fraction of sp³-hybridized carbons (Fsp3) is 0.625. The average Bonchev–Trinajstić information content (AvgIpc) is 2.34. The van der Waals surface area contributed by atoms with Gasteiger partial charge in [0.15, 0.2) is 0 Å². The SMILES string of the molecule is CCN(CCCN(C)C)Cc1cc(C)c(O)c(C)c1. The normalized spacial score (nSPS) is 11.5. The van der Waals surface area contributed by atoms with Crippen LogP contribution in [0.4, 0.5) is 0 Å². The van der Waals surface area contributed by atoms with Gasteiger partial charge in [0, 0.05) is 6.54 Å². The number of nitrogens with zero attached hydrogens (tertiary/aromatic N) is 2. The van der Waals surface area contributed by atoms with Gasteiger partial charge in [0.1, 0.15) is 5.75 Å². The van der Waals surface area contributed by atoms with Crippen LogP contribution in [0.15, 0.2) is 12.1 Å². The third-order valence-electron chi connectivity index (χ3n) is 3.48. The number of phenolic OH excluding ortho intramolecular Hbond substituents is 1. The lowest BCUT2D eigenvalue weighted by Crippen LogP contribution is -2.27. The van der Waals surface area contributed by atoms with Crippen molar-refractivity contribution in [2.75, 3.05) is 33.7 Å². The molecule has 3 heteroatoms. The van der Waals surface area contributed by atoms with Crippen LogP contribution in [0.3, 0.4) is 0 Å². The Kier molecular flexibility index (Phi) is 6.32. The highest BCUT2D eigenvalue weighted by Crippen LogP contribution is 2.23. The van der Waals surface area contributed by atoms with Gasteiger partial charge in [-0.05, 0) is 70.7 Å². The fourth-order valence-corrected chi connectivity index (χ4v) is 2.35. The Morgan fingerprint density at radius 3 is 2.11 bits per heavy atom. The summed E-state index contributed by atoms with van der Waals surface area (Å²) in [5.41, 5.74) is 3.23. The molecule has 0 aliphatic carbocycles. The molecule has 0 bridgehead atoms. The Balaban J connectivity index is 2.60. The number of hydrogen-bond acceptors (Lipinski definition) is 3. The molecule has 19 heavy (non-hydrogen) atoms. The van der Waals surface area contributed by atoms with Crippen molar-refractivity contribution in [2.45, 2.75) is 33.7 Å². The molecular formula is C16H28N2O. The second kappa shape index (κ2) is 7.51. The topological polar surface area (TPSA) is 26.7 Å². The minimum Gasteiger partial charge on any atom is -0.507 e. The second-order valence-electron chi connectivity index (χ2n) is 5.60. The molecule has 0 aliphatic heterocycles. The van der Waals surface area contributed by atoms with E-state index in [-0.39, 0.29) is 0 Å². The van der Waals surface area contributed by atoms with Crippen molar-refractivity contribution < 1.29 is 5.11 Å². The first kappa shape index (κ1) is 16.0. The minimum atomic E-state index is 0.430. The minimum absolute atomic E-state index is 0.430. The molecule has 1 aromatic carbocycles. The van der Waals surface area contributed by atoms with Crippen molar-refractivity contribution in [2.24, 2.45) is 0 Å². The van der Waals surface area contributed by atoms with E-state index in [0.717, 1.165) is 37.3 Å². The van der Waals surface area contributed by atoms with Gasteiger partial charge >= 0.3 is 0 Å². The molecule has 0 fully saturated rings. The van der Waals surface area contributed by atoms with E-state index in [0.29, 0.717) is 5.75 Å². The molecule has 0 spiro atoms. The van der Waals surface area contributed by atoms with E-state index in [2.05, 4.69) is 43.0 Å². The molecule has 0 aromatic heterocycles. The predicted octanol–water partition coefficient (Wildman–Crippen LogP) is 2.78. The Morgan fingerprint density at radius 1 is 1.05 bits per heavy atom. The van der Waals surface area contributed by atoms with Gasteiger partial charge < -0.3 is 10.0 Å². The molecule has 0 amide bonds. The molecule has 0 saturated carbocycles. The Hall–Kier alpha value is -1.06. The Labute approximate surface area is 117 Å². The zero-order valence-corrected chi connectivity index (χ0v) is 13.0. The average molecular weight is 264 g/mol. The maximum Gasteiger partial charge on any atom is 0.121 e. The number of rotatable bonds is 7. The van der Waals surface area contributed by atoms with E-state index in [1.54, 1.807) is 0 Å². The second-order valence-corrected chi connectivity index (χ2v) is 5.60. The molecule has 3 nitrogen and oxygen atoms in total. The van der Waals surface area contributed by atoms with Gasteiger partial charge in [0.25, 0.3) is 0 Å². The van der Waals surface area contributed by atoms with Gasteiger partial charge in [0.2, 0.25) is 0 Å². The third kappa shape index (κ3) is 5.21. The molecule has 0 heterocycles. The standard InChI is InChI=1S/C16H28N2O/c1-6-18(9-7-8-17(4)5)12-15-10-13(2)16(19)14(3)11-15/h10-11,19H,6-9,12H2,1-5H3. The van der Waals surface area contributed by atoms with Gasteiger partial charge in [-0.3, -0.25) is 4.90 Å². The summed E-state index contributed by atoms with van der Waals surface area (Å²) in [6.45, 7) is 10.4. The lowest BCUT2D eigenvalue weighted by Gasteiger charge is -2.22. The van der Waals surface area contributed by atoms with E-state index in [1.165, 1.54) is 12.0 Å². The van der Waals surface area contributed by atoms with Crippen LogP contribution in [0, 0.1) is 13.8 Å². The molecule has 0 unspecified atom stereocenters. The largest absolute Gasteiger partial charge is 0.507 e. The van der Waals surface area contributed by atoms with E-state index in [9.17, 15) is 5.11 Å². The van der Waals surface area contributed by atoms with Crippen molar-refractivity contribution in [1.29, 1.82) is 0 Å². The van der Waals surface area contributed by atoms with Crippen molar-refractivity contribution in [3.8, 4) is 5.75 Å². The summed E-state index contributed by atoms with van der Waals surface area (Å²) in [6.07, 6.45) is 1.19. The van der Waals surface area contributed by atoms with Crippen molar-refractivity contribution >= 4 is 0 Å². The van der Waals surface area contributed by atoms with Gasteiger partial charge in [0.05, 0.1) is 0 Å². The Morgan fingerprint density at radius 2 is 1.63 bits per heavy atom. The van der Waals surface area contributed by atoms with Crippen LogP contribution in [0.25, 0.3) is 0 Å². The van der Waals surface area contributed by atoms with Crippen LogP contribution in [-0.2, 0) is 6.54 Å². The fourth-order valence-electron chi connectivity index (χ4n) is 2.35. The summed E-state index contributed by atoms with van der Waals surface area (Å²) in [5.74, 6) is 0.430. The molecule has 1 aromatic rings. The van der Waals surface area contributed by atoms with Gasteiger partial charge in [-0.2, -0.15) is 0 Å². The number of benzene rings is 1. The predicted molar refractivity (Wildman–Crippen MR) is 81.7 cm³/mol. The summed E-state index contributed by atoms with van der Waals surface area (Å²) >= 11 is 0. The molecular weight excluding hydrogens is 236 g/mol. The highest BCUT2D eigenvalue weighted by Gasteiger charge is 2.07. The maximum absolute atomic E-state index is 9.81. The van der Waals surface area contributed by atoms with Crippen LogP contribution in [0.1, 0.15) is 30.0 Å². The van der Waals surface area contributed by atoms with Crippen molar-refractivity contribution in [3.05, 3.63) is 28.8 Å². The summed E-state index contributed by atoms with van der Waals surface area (Å²) in [5, 5.41) is 9.81. The number of hydrogen-bond donors (Lipinski definition) is 1. The molecule has 0 saturated heterocycles. The lowest BCUT2D eigenvalue weighted by molar-refractivity contribution is 0.259. The van der Waals surface area contributed by atoms with Gasteiger partial charge in [-0.15, -0.1) is 0 Å². The molecule has 108 valence electrons. The van der Waals surface area contributed by atoms with E-state index < -0.39 is 0 Å². The molecule has 0 radical (unpaired) electrons. The molecule has 1 rings (SSSR count). The number of aryl methyl sites for hydroxylation is 2. The quantitative estimate of drug-likeness (QED) is 0.820. The van der Waals surface area contributed by atoms with Gasteiger partial charge in [-0.25, -0.2) is 0 Å². The Bertz CT molecular complexity index is 379. The first-order chi connectivity index (χ1) is 8.93. The summed E-state index contributed by atoms with van der Waals surface area (Å²) in [4.78, 5) is 4.68. The van der Waals surface area contributed by atoms with E-state index >= 15 is 0 Å². The van der Waals surface area contributed by atoms with Crippen LogP contribution in [0.2, 0.25) is 0 Å². The zero-order chi connectivity index (χ0) is 14.4. The summed E-state index contributed by atoms with van der Waals surface area (Å²) < 4.78 is 0. The monoisotopic (exact) mass is 264 g/mol. The van der Waals surface area contributed by atoms with Crippen LogP contribution >= 0.6 is 0 Å². The first-order valence-corrected chi connectivity index (χ1v) is 7.10. The van der Waals surface area contributed by atoms with E-state index in [1.807, 2.05) is 13.8 Å². The zero-order valence-electron chi connectivity index (χ0n) is 13.0. The highest BCUT2D eigenvalue weighted by molar-refractivity contribution is 5.42. The highest BCUT2D eigenvalue weighted by atomic mass is 16.3. The van der Waals surface area contributed by atoms with Crippen LogP contribution in [0.5, 0.6) is 5.75 Å². The third-order valence-corrected chi connectivity index (χ3v) is 3.48. The number of phenols is 1. The summed E-state index contributed by atoms with van der Waals surface area (Å²) in [7, 11) is 4.23. The van der Waals surface area contributed by atoms with Crippen molar-refractivity contribution in [1.82, 2.24) is 9.80 Å².